The molecule has 2 heteroatoms. The van der Waals surface area contributed by atoms with Crippen LogP contribution in [-0.4, -0.2) is 5.78 Å². The number of rotatable bonds is 2. The van der Waals surface area contributed by atoms with E-state index >= 15 is 0 Å². The van der Waals surface area contributed by atoms with Crippen molar-refractivity contribution in [2.75, 3.05) is 0 Å². The van der Waals surface area contributed by atoms with Crippen molar-refractivity contribution in [3.8, 4) is 17.9 Å². The van der Waals surface area contributed by atoms with Gasteiger partial charge in [0, 0.05) is 17.0 Å². The van der Waals surface area contributed by atoms with Crippen molar-refractivity contribution in [2.24, 2.45) is 5.92 Å². The third-order valence-electron chi connectivity index (χ3n) is 2.09. The zero-order valence-electron chi connectivity index (χ0n) is 9.45. The molecule has 0 radical (unpaired) electrons. The van der Waals surface area contributed by atoms with Crippen molar-refractivity contribution in [2.45, 2.75) is 20.3 Å². The number of carbonyl (C=O) groups is 1. The van der Waals surface area contributed by atoms with Crippen molar-refractivity contribution in [3.05, 3.63) is 35.4 Å². The van der Waals surface area contributed by atoms with E-state index in [0.29, 0.717) is 5.56 Å². The molecule has 0 bridgehead atoms. The van der Waals surface area contributed by atoms with Crippen LogP contribution in [0.15, 0.2) is 24.3 Å². The van der Waals surface area contributed by atoms with Crippen LogP contribution in [0.3, 0.4) is 0 Å². The first-order valence-corrected chi connectivity index (χ1v) is 5.15. The fourth-order valence-electron chi connectivity index (χ4n) is 1.24. The van der Waals surface area contributed by atoms with E-state index < -0.39 is 0 Å². The van der Waals surface area contributed by atoms with E-state index in [4.69, 9.17) is 5.26 Å². The van der Waals surface area contributed by atoms with Crippen molar-refractivity contribution < 1.29 is 4.79 Å². The molecule has 0 heterocycles. The molecule has 0 aliphatic carbocycles. The predicted octanol–water partition coefficient (Wildman–Crippen LogP) is 2.79. The normalized spacial score (nSPS) is 9.12. The molecule has 1 aromatic carbocycles. The molecule has 0 N–H and O–H groups in total. The fraction of sp³-hybridized carbons (Fsp3) is 0.286. The molecule has 0 fully saturated rings. The highest BCUT2D eigenvalue weighted by Crippen LogP contribution is 2.09. The summed E-state index contributed by atoms with van der Waals surface area (Å²) in [6, 6.07) is 9.12. The van der Waals surface area contributed by atoms with Crippen LogP contribution >= 0.6 is 0 Å². The van der Waals surface area contributed by atoms with Crippen LogP contribution in [0.5, 0.6) is 0 Å². The molecule has 0 spiro atoms. The lowest BCUT2D eigenvalue weighted by molar-refractivity contribution is 0.0939. The first kappa shape index (κ1) is 12.0. The van der Waals surface area contributed by atoms with Gasteiger partial charge in [-0.25, -0.2) is 0 Å². The molecular formula is C14H13NO. The third kappa shape index (κ3) is 3.26. The van der Waals surface area contributed by atoms with Gasteiger partial charge in [0.05, 0.1) is 12.5 Å². The number of carbonyl (C=O) groups excluding carboxylic acids is 1. The lowest BCUT2D eigenvalue weighted by atomic mass is 10.0. The minimum atomic E-state index is 0.00974. The molecule has 80 valence electrons. The number of hydrogen-bond donors (Lipinski definition) is 0. The first-order valence-electron chi connectivity index (χ1n) is 5.15. The van der Waals surface area contributed by atoms with E-state index in [1.807, 2.05) is 19.9 Å². The minimum absolute atomic E-state index is 0.00974. The monoisotopic (exact) mass is 211 g/mol. The summed E-state index contributed by atoms with van der Waals surface area (Å²) in [5.41, 5.74) is 1.54. The molecule has 0 aliphatic heterocycles. The van der Waals surface area contributed by atoms with E-state index in [2.05, 4.69) is 11.8 Å². The van der Waals surface area contributed by atoms with Gasteiger partial charge in [-0.1, -0.05) is 37.8 Å². The highest BCUT2D eigenvalue weighted by molar-refractivity contribution is 5.97. The van der Waals surface area contributed by atoms with Crippen molar-refractivity contribution in [1.82, 2.24) is 0 Å². The zero-order valence-corrected chi connectivity index (χ0v) is 9.45. The molecule has 0 unspecified atom stereocenters. The molecule has 1 aromatic rings. The number of nitriles is 1. The zero-order chi connectivity index (χ0) is 12.0. The van der Waals surface area contributed by atoms with Gasteiger partial charge in [-0.15, -0.1) is 0 Å². The summed E-state index contributed by atoms with van der Waals surface area (Å²) >= 11 is 0. The fourth-order valence-corrected chi connectivity index (χ4v) is 1.24. The second-order valence-corrected chi connectivity index (χ2v) is 3.73. The molecule has 0 atom stereocenters. The predicted molar refractivity (Wildman–Crippen MR) is 62.7 cm³/mol. The minimum Gasteiger partial charge on any atom is -0.294 e. The summed E-state index contributed by atoms with van der Waals surface area (Å²) in [5, 5.41) is 8.33. The summed E-state index contributed by atoms with van der Waals surface area (Å²) in [6.07, 6.45) is 0.229. The van der Waals surface area contributed by atoms with E-state index in [1.165, 1.54) is 0 Å². The Bertz CT molecular complexity index is 466. The lowest BCUT2D eigenvalue weighted by Crippen LogP contribution is -2.06. The number of benzene rings is 1. The standard InChI is InChI=1S/C14H13NO/c1-11(2)14(16)13-8-6-12(7-9-13)5-3-4-10-15/h6-9,11H,4H2,1-2H3. The van der Waals surface area contributed by atoms with E-state index in [0.717, 1.165) is 5.56 Å². The van der Waals surface area contributed by atoms with Crippen LogP contribution in [-0.2, 0) is 0 Å². The largest absolute Gasteiger partial charge is 0.294 e. The second kappa shape index (κ2) is 5.73. The molecule has 1 rings (SSSR count). The van der Waals surface area contributed by atoms with Gasteiger partial charge in [-0.05, 0) is 12.1 Å². The number of hydrogen-bond acceptors (Lipinski definition) is 2. The van der Waals surface area contributed by atoms with Crippen molar-refractivity contribution >= 4 is 5.78 Å². The first-order chi connectivity index (χ1) is 7.65. The molecule has 0 saturated carbocycles. The van der Waals surface area contributed by atoms with Gasteiger partial charge < -0.3 is 0 Å². The molecule has 2 nitrogen and oxygen atoms in total. The van der Waals surface area contributed by atoms with E-state index in [9.17, 15) is 4.79 Å². The Balaban J connectivity index is 2.81. The number of Topliss-reactive ketones (excluding diaryl/α,β-unsaturated/α-hetero) is 1. The Labute approximate surface area is 95.9 Å². The highest BCUT2D eigenvalue weighted by Gasteiger charge is 2.09. The molecule has 0 amide bonds. The maximum Gasteiger partial charge on any atom is 0.165 e. The Morgan fingerprint density at radius 1 is 1.31 bits per heavy atom. The van der Waals surface area contributed by atoms with Gasteiger partial charge >= 0.3 is 0 Å². The van der Waals surface area contributed by atoms with E-state index in [1.54, 1.807) is 24.3 Å². The third-order valence-corrected chi connectivity index (χ3v) is 2.09. The lowest BCUT2D eigenvalue weighted by Gasteiger charge is -2.03. The molecule has 0 saturated heterocycles. The average Bonchev–Trinajstić information content (AvgIpc) is 2.29. The molecule has 0 aliphatic rings. The Hall–Kier alpha value is -2.06. The molecule has 16 heavy (non-hydrogen) atoms. The topological polar surface area (TPSA) is 40.9 Å². The van der Waals surface area contributed by atoms with Gasteiger partial charge in [-0.3, -0.25) is 4.79 Å². The van der Waals surface area contributed by atoms with Crippen LogP contribution in [0.4, 0.5) is 0 Å². The van der Waals surface area contributed by atoms with Gasteiger partial charge in [-0.2, -0.15) is 5.26 Å². The number of ketones is 1. The van der Waals surface area contributed by atoms with Gasteiger partial charge in [0.25, 0.3) is 0 Å². The summed E-state index contributed by atoms with van der Waals surface area (Å²) < 4.78 is 0. The van der Waals surface area contributed by atoms with Crippen molar-refractivity contribution in [3.63, 3.8) is 0 Å². The van der Waals surface area contributed by atoms with Crippen LogP contribution < -0.4 is 0 Å². The smallest absolute Gasteiger partial charge is 0.165 e. The Kier molecular flexibility index (Phi) is 4.30. The van der Waals surface area contributed by atoms with Gasteiger partial charge in [0.2, 0.25) is 0 Å². The van der Waals surface area contributed by atoms with Crippen molar-refractivity contribution in [1.29, 1.82) is 5.26 Å². The SMILES string of the molecule is CC(C)C(=O)c1ccc(C#CCC#N)cc1. The summed E-state index contributed by atoms with van der Waals surface area (Å²) in [6.45, 7) is 3.76. The molecule has 0 aromatic heterocycles. The van der Waals surface area contributed by atoms with Crippen LogP contribution in [0.2, 0.25) is 0 Å². The highest BCUT2D eigenvalue weighted by atomic mass is 16.1. The second-order valence-electron chi connectivity index (χ2n) is 3.73. The Morgan fingerprint density at radius 2 is 1.94 bits per heavy atom. The molecular weight excluding hydrogens is 198 g/mol. The quantitative estimate of drug-likeness (QED) is 0.557. The van der Waals surface area contributed by atoms with E-state index in [-0.39, 0.29) is 18.1 Å². The van der Waals surface area contributed by atoms with Crippen LogP contribution in [0.1, 0.15) is 36.2 Å². The Morgan fingerprint density at radius 3 is 2.44 bits per heavy atom. The van der Waals surface area contributed by atoms with Crippen LogP contribution in [0.25, 0.3) is 0 Å². The summed E-state index contributed by atoms with van der Waals surface area (Å²) in [4.78, 5) is 11.6. The van der Waals surface area contributed by atoms with Gasteiger partial charge in [0.1, 0.15) is 0 Å². The van der Waals surface area contributed by atoms with Gasteiger partial charge in [0.15, 0.2) is 5.78 Å². The summed E-state index contributed by atoms with van der Waals surface area (Å²) in [7, 11) is 0. The van der Waals surface area contributed by atoms with Crippen LogP contribution in [0, 0.1) is 29.1 Å². The summed E-state index contributed by atoms with van der Waals surface area (Å²) in [5.74, 6) is 5.73. The maximum atomic E-state index is 11.6. The maximum absolute atomic E-state index is 11.6. The average molecular weight is 211 g/mol. The number of nitrogens with zero attached hydrogens (tertiary/aromatic N) is 1.